The lowest BCUT2D eigenvalue weighted by Gasteiger charge is -2.24. The van der Waals surface area contributed by atoms with E-state index >= 15 is 0 Å². The van der Waals surface area contributed by atoms with Gasteiger partial charge in [0.25, 0.3) is 0 Å². The van der Waals surface area contributed by atoms with Crippen LogP contribution in [0.25, 0.3) is 0 Å². The molecule has 0 saturated carbocycles. The maximum Gasteiger partial charge on any atom is 0.194 e. The molecule has 1 aliphatic carbocycles. The average molecular weight is 429 g/mol. The van der Waals surface area contributed by atoms with Gasteiger partial charge in [-0.15, -0.1) is 0 Å². The smallest absolute Gasteiger partial charge is 0.194 e. The summed E-state index contributed by atoms with van der Waals surface area (Å²) in [5, 5.41) is 0. The molecule has 0 aromatic heterocycles. The number of carbonyl (C=O) groups is 2. The minimum Gasteiger partial charge on any atom is -0.363 e. The van der Waals surface area contributed by atoms with Crippen LogP contribution in [0.15, 0.2) is 46.4 Å². The standard InChI is InChI=1S/C26H28N4O2/c31-25-22-10-8-20(28-18-30-13-5-2-6-14-30)16-24(22)26(32)21-9-7-19(15-23(21)25)27-17-29-11-3-1-4-12-29/h7-10,15-18H,1-6,11-14H2. The number of ketones is 2. The summed E-state index contributed by atoms with van der Waals surface area (Å²) in [5.74, 6) is -0.257. The molecule has 2 fully saturated rings. The van der Waals surface area contributed by atoms with Crippen molar-refractivity contribution in [2.75, 3.05) is 26.2 Å². The van der Waals surface area contributed by atoms with Crippen molar-refractivity contribution in [3.63, 3.8) is 0 Å². The Hall–Kier alpha value is -3.28. The first-order valence-electron chi connectivity index (χ1n) is 11.6. The van der Waals surface area contributed by atoms with Crippen molar-refractivity contribution in [1.82, 2.24) is 9.80 Å². The molecule has 0 atom stereocenters. The van der Waals surface area contributed by atoms with Gasteiger partial charge >= 0.3 is 0 Å². The fourth-order valence-corrected chi connectivity index (χ4v) is 4.65. The Morgan fingerprint density at radius 2 is 0.969 bits per heavy atom. The minimum absolute atomic E-state index is 0.129. The highest BCUT2D eigenvalue weighted by molar-refractivity contribution is 6.28. The predicted octanol–water partition coefficient (Wildman–Crippen LogP) is 4.75. The second-order valence-corrected chi connectivity index (χ2v) is 8.80. The number of carbonyl (C=O) groups excluding carboxylic acids is 2. The summed E-state index contributed by atoms with van der Waals surface area (Å²) in [6.45, 7) is 4.06. The molecule has 6 heteroatoms. The first kappa shape index (κ1) is 20.6. The maximum atomic E-state index is 13.2. The van der Waals surface area contributed by atoms with Crippen LogP contribution >= 0.6 is 0 Å². The van der Waals surface area contributed by atoms with E-state index in [1.807, 2.05) is 24.8 Å². The van der Waals surface area contributed by atoms with Gasteiger partial charge in [0.1, 0.15) is 0 Å². The molecule has 0 N–H and O–H groups in total. The quantitative estimate of drug-likeness (QED) is 0.444. The van der Waals surface area contributed by atoms with Gasteiger partial charge in [-0.05, 0) is 74.9 Å². The van der Waals surface area contributed by atoms with E-state index in [1.165, 1.54) is 38.5 Å². The second-order valence-electron chi connectivity index (χ2n) is 8.80. The van der Waals surface area contributed by atoms with Crippen molar-refractivity contribution in [2.24, 2.45) is 9.98 Å². The van der Waals surface area contributed by atoms with Crippen molar-refractivity contribution in [2.45, 2.75) is 38.5 Å². The first-order valence-corrected chi connectivity index (χ1v) is 11.6. The highest BCUT2D eigenvalue weighted by Crippen LogP contribution is 2.32. The molecule has 2 saturated heterocycles. The van der Waals surface area contributed by atoms with Crippen LogP contribution < -0.4 is 0 Å². The normalized spacial score (nSPS) is 19.0. The van der Waals surface area contributed by atoms with Crippen LogP contribution in [0.4, 0.5) is 11.4 Å². The van der Waals surface area contributed by atoms with E-state index in [0.29, 0.717) is 33.6 Å². The van der Waals surface area contributed by atoms with Gasteiger partial charge < -0.3 is 9.80 Å². The van der Waals surface area contributed by atoms with E-state index < -0.39 is 0 Å². The SMILES string of the molecule is O=C1c2ccc(N=CN3CCCCC3)cc2C(=O)c2ccc(N=CN3CCCCC3)cc21. The number of hydrogen-bond acceptors (Lipinski definition) is 4. The lowest BCUT2D eigenvalue weighted by atomic mass is 9.83. The summed E-state index contributed by atoms with van der Waals surface area (Å²) >= 11 is 0. The zero-order valence-electron chi connectivity index (χ0n) is 18.3. The van der Waals surface area contributed by atoms with E-state index in [4.69, 9.17) is 0 Å². The molecule has 2 aliphatic heterocycles. The lowest BCUT2D eigenvalue weighted by molar-refractivity contribution is 0.0979. The van der Waals surface area contributed by atoms with Gasteiger partial charge in [-0.1, -0.05) is 0 Å². The Kier molecular flexibility index (Phi) is 5.84. The van der Waals surface area contributed by atoms with Gasteiger partial charge in [0.15, 0.2) is 11.6 Å². The zero-order valence-corrected chi connectivity index (χ0v) is 18.3. The van der Waals surface area contributed by atoms with E-state index in [9.17, 15) is 9.59 Å². The summed E-state index contributed by atoms with van der Waals surface area (Å²) in [4.78, 5) is 39.8. The van der Waals surface area contributed by atoms with Gasteiger partial charge in [-0.2, -0.15) is 0 Å². The molecule has 2 aromatic rings. The fourth-order valence-electron chi connectivity index (χ4n) is 4.65. The minimum atomic E-state index is -0.129. The molecular weight excluding hydrogens is 400 g/mol. The van der Waals surface area contributed by atoms with Crippen LogP contribution in [0.5, 0.6) is 0 Å². The van der Waals surface area contributed by atoms with Gasteiger partial charge in [0, 0.05) is 48.4 Å². The zero-order chi connectivity index (χ0) is 21.9. The Labute approximate surface area is 188 Å². The number of aliphatic imine (C=N–C) groups is 2. The molecule has 0 bridgehead atoms. The van der Waals surface area contributed by atoms with Crippen LogP contribution in [0.3, 0.4) is 0 Å². The largest absolute Gasteiger partial charge is 0.363 e. The molecule has 6 nitrogen and oxygen atoms in total. The van der Waals surface area contributed by atoms with Crippen LogP contribution in [0.2, 0.25) is 0 Å². The molecule has 2 heterocycles. The third kappa shape index (κ3) is 4.22. The van der Waals surface area contributed by atoms with Gasteiger partial charge in [0.2, 0.25) is 0 Å². The van der Waals surface area contributed by atoms with Crippen molar-refractivity contribution in [1.29, 1.82) is 0 Å². The number of rotatable bonds is 4. The van der Waals surface area contributed by atoms with Crippen molar-refractivity contribution >= 4 is 35.6 Å². The third-order valence-corrected chi connectivity index (χ3v) is 6.51. The van der Waals surface area contributed by atoms with Crippen LogP contribution in [-0.2, 0) is 0 Å². The molecular formula is C26H28N4O2. The summed E-state index contributed by atoms with van der Waals surface area (Å²) in [7, 11) is 0. The Bertz CT molecular complexity index is 1010. The van der Waals surface area contributed by atoms with Crippen LogP contribution in [-0.4, -0.2) is 60.2 Å². The molecule has 32 heavy (non-hydrogen) atoms. The number of benzene rings is 2. The summed E-state index contributed by atoms with van der Waals surface area (Å²) in [6, 6.07) is 10.6. The lowest BCUT2D eigenvalue weighted by Crippen LogP contribution is -2.28. The number of nitrogens with zero attached hydrogens (tertiary/aromatic N) is 4. The van der Waals surface area contributed by atoms with Gasteiger partial charge in [-0.25, -0.2) is 9.98 Å². The maximum absolute atomic E-state index is 13.2. The Morgan fingerprint density at radius 1 is 0.562 bits per heavy atom. The summed E-state index contributed by atoms with van der Waals surface area (Å²) in [6.07, 6.45) is 11.0. The van der Waals surface area contributed by atoms with E-state index in [1.54, 1.807) is 24.3 Å². The molecule has 0 spiro atoms. The number of hydrogen-bond donors (Lipinski definition) is 0. The topological polar surface area (TPSA) is 65.3 Å². The molecule has 0 amide bonds. The molecule has 2 aromatic carbocycles. The number of piperidine rings is 2. The highest BCUT2D eigenvalue weighted by Gasteiger charge is 2.30. The average Bonchev–Trinajstić information content (AvgIpc) is 2.86. The van der Waals surface area contributed by atoms with Crippen LogP contribution in [0.1, 0.15) is 70.4 Å². The van der Waals surface area contributed by atoms with Crippen LogP contribution in [0, 0.1) is 0 Å². The van der Waals surface area contributed by atoms with Crippen molar-refractivity contribution in [3.05, 3.63) is 58.7 Å². The molecule has 0 unspecified atom stereocenters. The predicted molar refractivity (Wildman–Crippen MR) is 127 cm³/mol. The first-order chi connectivity index (χ1) is 15.7. The van der Waals surface area contributed by atoms with Crippen molar-refractivity contribution in [3.8, 4) is 0 Å². The second kappa shape index (κ2) is 9.07. The monoisotopic (exact) mass is 428 g/mol. The molecule has 164 valence electrons. The fraction of sp³-hybridized carbons (Fsp3) is 0.385. The Balaban J connectivity index is 1.38. The van der Waals surface area contributed by atoms with E-state index in [-0.39, 0.29) is 11.6 Å². The van der Waals surface area contributed by atoms with Gasteiger partial charge in [-0.3, -0.25) is 9.59 Å². The highest BCUT2D eigenvalue weighted by atomic mass is 16.1. The number of fused-ring (bicyclic) bond motifs is 2. The Morgan fingerprint density at radius 3 is 1.38 bits per heavy atom. The number of likely N-dealkylation sites (tertiary alicyclic amines) is 2. The van der Waals surface area contributed by atoms with E-state index in [0.717, 1.165) is 26.2 Å². The van der Waals surface area contributed by atoms with Gasteiger partial charge in [0.05, 0.1) is 24.1 Å². The molecule has 3 aliphatic rings. The van der Waals surface area contributed by atoms with E-state index in [2.05, 4.69) is 19.8 Å². The summed E-state index contributed by atoms with van der Waals surface area (Å²) in [5.41, 5.74) is 3.14. The third-order valence-electron chi connectivity index (χ3n) is 6.51. The summed E-state index contributed by atoms with van der Waals surface area (Å²) < 4.78 is 0. The molecule has 0 radical (unpaired) electrons. The van der Waals surface area contributed by atoms with Crippen molar-refractivity contribution < 1.29 is 9.59 Å². The molecule has 5 rings (SSSR count).